The molecule has 1 spiro atoms. The molecule has 1 aromatic rings. The first-order valence-corrected chi connectivity index (χ1v) is 11.2. The molecule has 1 aromatic carbocycles. The number of carbonyl (C=O) groups is 1. The van der Waals surface area contributed by atoms with Crippen LogP contribution in [0.5, 0.6) is 5.75 Å². The van der Waals surface area contributed by atoms with Crippen LogP contribution in [0.4, 0.5) is 0 Å². The Balaban J connectivity index is 1.48. The molecular weight excluding hydrogens is 362 g/mol. The molecule has 5 rings (SSSR count). The highest BCUT2D eigenvalue weighted by Crippen LogP contribution is 2.67. The van der Waals surface area contributed by atoms with Crippen molar-refractivity contribution in [3.63, 3.8) is 0 Å². The second-order valence-electron chi connectivity index (χ2n) is 10.9. The van der Waals surface area contributed by atoms with Crippen molar-refractivity contribution >= 4 is 5.97 Å². The predicted octanol–water partition coefficient (Wildman–Crippen LogP) is 5.22. The van der Waals surface area contributed by atoms with Crippen LogP contribution >= 0.6 is 0 Å². The lowest BCUT2D eigenvalue weighted by atomic mass is 9.52. The molecule has 0 radical (unpaired) electrons. The lowest BCUT2D eigenvalue weighted by Crippen LogP contribution is -2.56. The van der Waals surface area contributed by atoms with Gasteiger partial charge in [0.05, 0.1) is 11.0 Å². The molecule has 154 valence electrons. The largest absolute Gasteiger partial charge is 0.507 e. The summed E-state index contributed by atoms with van der Waals surface area (Å²) in [4.78, 5) is 12.8. The minimum Gasteiger partial charge on any atom is -0.507 e. The molecule has 4 heteroatoms. The number of aryl methyl sites for hydroxylation is 1. The number of nitrogens with zero attached hydrogens (tertiary/aromatic N) is 1. The second kappa shape index (κ2) is 6.00. The summed E-state index contributed by atoms with van der Waals surface area (Å²) in [5.74, 6) is 1.68. The molecule has 1 heterocycles. The predicted molar refractivity (Wildman–Crippen MR) is 109 cm³/mol. The van der Waals surface area contributed by atoms with Crippen molar-refractivity contribution in [1.82, 2.24) is 0 Å². The molecule has 0 bridgehead atoms. The van der Waals surface area contributed by atoms with Crippen LogP contribution in [0.1, 0.15) is 88.3 Å². The van der Waals surface area contributed by atoms with Gasteiger partial charge in [-0.15, -0.1) is 0 Å². The zero-order valence-corrected chi connectivity index (χ0v) is 17.8. The average Bonchev–Trinajstić information content (AvgIpc) is 2.97. The smallest absolute Gasteiger partial charge is 0.312 e. The molecule has 3 fully saturated rings. The van der Waals surface area contributed by atoms with E-state index < -0.39 is 0 Å². The molecule has 3 aliphatic carbocycles. The molecule has 29 heavy (non-hydrogen) atoms. The SMILES string of the molecule is CC1(C)CC[C@@]2(CCC3C4CCc5cc(O)c(C#N)cc5C4CC[C@@]32C)OC1=O. The second-order valence-corrected chi connectivity index (χ2v) is 10.9. The number of esters is 1. The van der Waals surface area contributed by atoms with Crippen molar-refractivity contribution < 1.29 is 14.6 Å². The van der Waals surface area contributed by atoms with E-state index in [0.717, 1.165) is 51.4 Å². The number of phenols is 1. The highest BCUT2D eigenvalue weighted by molar-refractivity contribution is 5.77. The first-order chi connectivity index (χ1) is 13.7. The number of rotatable bonds is 0. The number of nitriles is 1. The standard InChI is InChI=1S/C25H31NO3/c1-23(2)10-11-25(29-22(23)28)9-7-20-18-5-4-15-13-21(27)16(14-26)12-19(15)17(18)6-8-24(20,25)3/h12-13,17-18,20,27H,4-11H2,1-3H3/t17?,18?,20?,24-,25+/m0/s1. The molecular formula is C25H31NO3. The minimum atomic E-state index is -0.365. The highest BCUT2D eigenvalue weighted by atomic mass is 16.6. The van der Waals surface area contributed by atoms with Crippen LogP contribution in [-0.2, 0) is 16.0 Å². The molecule has 2 saturated carbocycles. The van der Waals surface area contributed by atoms with Crippen molar-refractivity contribution in [3.05, 3.63) is 28.8 Å². The Hall–Kier alpha value is -2.02. The van der Waals surface area contributed by atoms with Gasteiger partial charge in [0.15, 0.2) is 0 Å². The van der Waals surface area contributed by atoms with Gasteiger partial charge in [0.2, 0.25) is 0 Å². The van der Waals surface area contributed by atoms with Gasteiger partial charge in [0.25, 0.3) is 0 Å². The van der Waals surface area contributed by atoms with Gasteiger partial charge in [-0.1, -0.05) is 6.92 Å². The van der Waals surface area contributed by atoms with Crippen molar-refractivity contribution in [2.45, 2.75) is 83.7 Å². The van der Waals surface area contributed by atoms with Crippen molar-refractivity contribution in [2.24, 2.45) is 22.7 Å². The Morgan fingerprint density at radius 2 is 1.90 bits per heavy atom. The fraction of sp³-hybridized carbons (Fsp3) is 0.680. The summed E-state index contributed by atoms with van der Waals surface area (Å²) < 4.78 is 6.31. The van der Waals surface area contributed by atoms with Gasteiger partial charge in [0.1, 0.15) is 17.4 Å². The third-order valence-corrected chi connectivity index (χ3v) is 9.25. The van der Waals surface area contributed by atoms with Crippen molar-refractivity contribution in [1.29, 1.82) is 5.26 Å². The summed E-state index contributed by atoms with van der Waals surface area (Å²) in [6, 6.07) is 5.91. The van der Waals surface area contributed by atoms with Crippen molar-refractivity contribution in [3.8, 4) is 11.8 Å². The van der Waals surface area contributed by atoms with Gasteiger partial charge in [-0.25, -0.2) is 0 Å². The van der Waals surface area contributed by atoms with Crippen LogP contribution in [0, 0.1) is 34.0 Å². The quantitative estimate of drug-likeness (QED) is 0.613. The van der Waals surface area contributed by atoms with Gasteiger partial charge in [-0.05, 0) is 106 Å². The highest BCUT2D eigenvalue weighted by Gasteiger charge is 2.65. The van der Waals surface area contributed by atoms with E-state index in [1.807, 2.05) is 26.0 Å². The summed E-state index contributed by atoms with van der Waals surface area (Å²) in [5, 5.41) is 19.5. The zero-order valence-electron chi connectivity index (χ0n) is 17.8. The summed E-state index contributed by atoms with van der Waals surface area (Å²) in [5.41, 5.74) is 2.28. The monoisotopic (exact) mass is 393 g/mol. The summed E-state index contributed by atoms with van der Waals surface area (Å²) >= 11 is 0. The fourth-order valence-corrected chi connectivity index (χ4v) is 7.35. The number of carbonyl (C=O) groups excluding carboxylic acids is 1. The Kier molecular flexibility index (Phi) is 3.93. The molecule has 0 amide bonds. The Bertz CT molecular complexity index is 929. The lowest BCUT2D eigenvalue weighted by Gasteiger charge is -2.56. The molecule has 4 aliphatic rings. The first kappa shape index (κ1) is 19.0. The lowest BCUT2D eigenvalue weighted by molar-refractivity contribution is -0.206. The maximum atomic E-state index is 12.8. The third-order valence-electron chi connectivity index (χ3n) is 9.25. The van der Waals surface area contributed by atoms with Gasteiger partial charge in [0, 0.05) is 5.41 Å². The fourth-order valence-electron chi connectivity index (χ4n) is 7.35. The number of phenolic OH excluding ortho intramolecular Hbond substituents is 1. The van der Waals surface area contributed by atoms with E-state index in [1.165, 1.54) is 11.1 Å². The maximum absolute atomic E-state index is 12.8. The molecule has 4 nitrogen and oxygen atoms in total. The number of ether oxygens (including phenoxy) is 1. The summed E-state index contributed by atoms with van der Waals surface area (Å²) in [6.45, 7) is 6.40. The maximum Gasteiger partial charge on any atom is 0.312 e. The van der Waals surface area contributed by atoms with E-state index in [2.05, 4.69) is 13.0 Å². The number of fused-ring (bicyclic) bond motifs is 6. The molecule has 1 aliphatic heterocycles. The van der Waals surface area contributed by atoms with Crippen LogP contribution in [0.25, 0.3) is 0 Å². The van der Waals surface area contributed by atoms with E-state index >= 15 is 0 Å². The Morgan fingerprint density at radius 1 is 1.10 bits per heavy atom. The molecule has 3 unspecified atom stereocenters. The first-order valence-electron chi connectivity index (χ1n) is 11.2. The number of hydrogen-bond donors (Lipinski definition) is 1. The van der Waals surface area contributed by atoms with Gasteiger partial charge in [-0.2, -0.15) is 5.26 Å². The Morgan fingerprint density at radius 3 is 2.62 bits per heavy atom. The van der Waals surface area contributed by atoms with Gasteiger partial charge in [-0.3, -0.25) is 4.79 Å². The number of aromatic hydroxyl groups is 1. The topological polar surface area (TPSA) is 70.3 Å². The van der Waals surface area contributed by atoms with Gasteiger partial charge < -0.3 is 9.84 Å². The van der Waals surface area contributed by atoms with E-state index in [4.69, 9.17) is 4.74 Å². The molecule has 1 N–H and O–H groups in total. The van der Waals surface area contributed by atoms with Crippen LogP contribution in [0.15, 0.2) is 12.1 Å². The molecule has 1 saturated heterocycles. The van der Waals surface area contributed by atoms with E-state index in [0.29, 0.717) is 23.3 Å². The average molecular weight is 394 g/mol. The van der Waals surface area contributed by atoms with Crippen LogP contribution in [0.3, 0.4) is 0 Å². The van der Waals surface area contributed by atoms with E-state index in [9.17, 15) is 15.2 Å². The van der Waals surface area contributed by atoms with E-state index in [1.54, 1.807) is 0 Å². The molecule has 0 aromatic heterocycles. The third kappa shape index (κ3) is 2.46. The summed E-state index contributed by atoms with van der Waals surface area (Å²) in [6.07, 6.45) is 8.24. The Labute approximate surface area is 173 Å². The van der Waals surface area contributed by atoms with E-state index in [-0.39, 0.29) is 28.1 Å². The van der Waals surface area contributed by atoms with Gasteiger partial charge >= 0.3 is 5.97 Å². The molecule has 5 atom stereocenters. The number of benzene rings is 1. The van der Waals surface area contributed by atoms with Crippen molar-refractivity contribution in [2.75, 3.05) is 0 Å². The van der Waals surface area contributed by atoms with Crippen LogP contribution < -0.4 is 0 Å². The van der Waals surface area contributed by atoms with Crippen LogP contribution in [-0.4, -0.2) is 16.7 Å². The zero-order chi connectivity index (χ0) is 20.6. The minimum absolute atomic E-state index is 0.0177. The van der Waals surface area contributed by atoms with Crippen LogP contribution in [0.2, 0.25) is 0 Å². The normalized spacial score (nSPS) is 39.8. The summed E-state index contributed by atoms with van der Waals surface area (Å²) in [7, 11) is 0. The number of hydrogen-bond acceptors (Lipinski definition) is 4.